The van der Waals surface area contributed by atoms with Gasteiger partial charge in [0, 0.05) is 0 Å². The summed E-state index contributed by atoms with van der Waals surface area (Å²) in [6.45, 7) is 3.54. The van der Waals surface area contributed by atoms with Crippen molar-refractivity contribution in [2.75, 3.05) is 0 Å². The smallest absolute Gasteiger partial charge is 0.106 e. The molecule has 0 amide bonds. The molecule has 0 N–H and O–H groups in total. The zero-order valence-corrected chi connectivity index (χ0v) is 9.30. The maximum atomic E-state index is 13.9. The molecule has 2 rings (SSSR count). The third-order valence-electron chi connectivity index (χ3n) is 4.32. The summed E-state index contributed by atoms with van der Waals surface area (Å²) in [6.07, 6.45) is -1.83. The molecule has 0 aliphatic heterocycles. The molecule has 0 aromatic carbocycles. The Balaban J connectivity index is 2.14. The molecule has 2 saturated carbocycles. The average molecular weight is 220 g/mol. The number of hydrogen-bond acceptors (Lipinski definition) is 0. The molecule has 0 aromatic heterocycles. The molecule has 15 heavy (non-hydrogen) atoms. The van der Waals surface area contributed by atoms with Gasteiger partial charge in [-0.05, 0) is 42.9 Å². The molecule has 2 aliphatic rings. The topological polar surface area (TPSA) is 0 Å². The first-order valence-electron chi connectivity index (χ1n) is 5.93. The second-order valence-electron chi connectivity index (χ2n) is 5.47. The van der Waals surface area contributed by atoms with E-state index >= 15 is 0 Å². The van der Waals surface area contributed by atoms with Gasteiger partial charge in [0.25, 0.3) is 0 Å². The maximum Gasteiger partial charge on any atom is 0.106 e. The van der Waals surface area contributed by atoms with Crippen LogP contribution in [0, 0.1) is 23.7 Å². The van der Waals surface area contributed by atoms with Crippen molar-refractivity contribution in [1.82, 2.24) is 0 Å². The van der Waals surface area contributed by atoms with Crippen LogP contribution >= 0.6 is 0 Å². The van der Waals surface area contributed by atoms with Gasteiger partial charge < -0.3 is 0 Å². The van der Waals surface area contributed by atoms with Crippen LogP contribution in [0.25, 0.3) is 0 Å². The molecule has 0 saturated heterocycles. The highest BCUT2D eigenvalue weighted by atomic mass is 19.1. The Kier molecular flexibility index (Phi) is 3.00. The highest BCUT2D eigenvalue weighted by molar-refractivity contribution is 4.96. The van der Waals surface area contributed by atoms with Crippen LogP contribution in [0.1, 0.15) is 33.1 Å². The Morgan fingerprint density at radius 3 is 2.07 bits per heavy atom. The van der Waals surface area contributed by atoms with Gasteiger partial charge in [-0.3, -0.25) is 0 Å². The first-order chi connectivity index (χ1) is 7.00. The third kappa shape index (κ3) is 1.90. The van der Waals surface area contributed by atoms with Crippen LogP contribution in [0.4, 0.5) is 13.2 Å². The molecule has 3 heteroatoms. The van der Waals surface area contributed by atoms with Gasteiger partial charge in [-0.1, -0.05) is 13.8 Å². The zero-order chi connectivity index (χ0) is 11.2. The zero-order valence-electron chi connectivity index (χ0n) is 9.30. The van der Waals surface area contributed by atoms with Crippen molar-refractivity contribution in [2.24, 2.45) is 23.7 Å². The fourth-order valence-electron chi connectivity index (χ4n) is 3.28. The summed E-state index contributed by atoms with van der Waals surface area (Å²) in [7, 11) is 0. The molecule has 0 spiro atoms. The SMILES string of the molecule is CC1CC2C(F)CC(C)C(F)C2CC1F. The molecule has 2 fully saturated rings. The maximum absolute atomic E-state index is 13.9. The van der Waals surface area contributed by atoms with Gasteiger partial charge in [-0.25, -0.2) is 13.2 Å². The predicted molar refractivity (Wildman–Crippen MR) is 53.8 cm³/mol. The van der Waals surface area contributed by atoms with E-state index in [1.807, 2.05) is 0 Å². The van der Waals surface area contributed by atoms with Gasteiger partial charge in [0.15, 0.2) is 0 Å². The highest BCUT2D eigenvalue weighted by Crippen LogP contribution is 2.47. The molecule has 7 atom stereocenters. The molecular formula is C12H19F3. The summed E-state index contributed by atoms with van der Waals surface area (Å²) in [5.41, 5.74) is 0. The van der Waals surface area contributed by atoms with E-state index in [0.717, 1.165) is 0 Å². The Labute approximate surface area is 89.2 Å². The average Bonchev–Trinajstić information content (AvgIpc) is 2.18. The van der Waals surface area contributed by atoms with Gasteiger partial charge in [-0.15, -0.1) is 0 Å². The standard InChI is InChI=1S/C12H19F3/c1-6-3-8-9(5-10(6)13)12(15)7(2)4-11(8)14/h6-12H,3-5H2,1-2H3. The third-order valence-corrected chi connectivity index (χ3v) is 4.32. The lowest BCUT2D eigenvalue weighted by Crippen LogP contribution is -2.47. The first-order valence-corrected chi connectivity index (χ1v) is 5.93. The summed E-state index contributed by atoms with van der Waals surface area (Å²) < 4.78 is 41.1. The van der Waals surface area contributed by atoms with E-state index in [4.69, 9.17) is 0 Å². The Bertz CT molecular complexity index is 231. The van der Waals surface area contributed by atoms with E-state index in [1.54, 1.807) is 13.8 Å². The minimum absolute atomic E-state index is 0.106. The Morgan fingerprint density at radius 2 is 1.40 bits per heavy atom. The fourth-order valence-corrected chi connectivity index (χ4v) is 3.28. The molecule has 2 aliphatic carbocycles. The van der Waals surface area contributed by atoms with Gasteiger partial charge in [-0.2, -0.15) is 0 Å². The van der Waals surface area contributed by atoms with Crippen LogP contribution in [-0.4, -0.2) is 18.5 Å². The van der Waals surface area contributed by atoms with E-state index in [-0.39, 0.29) is 30.1 Å². The monoisotopic (exact) mass is 220 g/mol. The molecule has 7 unspecified atom stereocenters. The quantitative estimate of drug-likeness (QED) is 0.584. The van der Waals surface area contributed by atoms with Crippen molar-refractivity contribution in [1.29, 1.82) is 0 Å². The fraction of sp³-hybridized carbons (Fsp3) is 1.00. The number of fused-ring (bicyclic) bond motifs is 1. The summed E-state index contributed by atoms with van der Waals surface area (Å²) >= 11 is 0. The summed E-state index contributed by atoms with van der Waals surface area (Å²) in [5.74, 6) is -0.972. The van der Waals surface area contributed by atoms with Crippen molar-refractivity contribution in [3.8, 4) is 0 Å². The molecule has 0 radical (unpaired) electrons. The van der Waals surface area contributed by atoms with Crippen LogP contribution < -0.4 is 0 Å². The largest absolute Gasteiger partial charge is 0.247 e. The lowest BCUT2D eigenvalue weighted by Gasteiger charge is -2.45. The lowest BCUT2D eigenvalue weighted by molar-refractivity contribution is -0.0567. The van der Waals surface area contributed by atoms with Crippen LogP contribution in [-0.2, 0) is 0 Å². The van der Waals surface area contributed by atoms with E-state index < -0.39 is 18.5 Å². The number of alkyl halides is 3. The van der Waals surface area contributed by atoms with Crippen molar-refractivity contribution >= 4 is 0 Å². The minimum Gasteiger partial charge on any atom is -0.247 e. The van der Waals surface area contributed by atoms with Gasteiger partial charge in [0.1, 0.15) is 18.5 Å². The molecule has 0 aromatic rings. The van der Waals surface area contributed by atoms with Crippen LogP contribution in [0.3, 0.4) is 0 Å². The van der Waals surface area contributed by atoms with Crippen molar-refractivity contribution in [2.45, 2.75) is 51.6 Å². The van der Waals surface area contributed by atoms with E-state index in [1.165, 1.54) is 0 Å². The Hall–Kier alpha value is -0.210. The minimum atomic E-state index is -1.01. The van der Waals surface area contributed by atoms with Gasteiger partial charge in [0.05, 0.1) is 0 Å². The number of rotatable bonds is 0. The van der Waals surface area contributed by atoms with Crippen LogP contribution in [0.2, 0.25) is 0 Å². The van der Waals surface area contributed by atoms with E-state index in [2.05, 4.69) is 0 Å². The highest BCUT2D eigenvalue weighted by Gasteiger charge is 2.48. The van der Waals surface area contributed by atoms with Gasteiger partial charge >= 0.3 is 0 Å². The second kappa shape index (κ2) is 3.99. The lowest BCUT2D eigenvalue weighted by atomic mass is 9.63. The van der Waals surface area contributed by atoms with Crippen molar-refractivity contribution in [3.05, 3.63) is 0 Å². The van der Waals surface area contributed by atoms with Crippen LogP contribution in [0.5, 0.6) is 0 Å². The second-order valence-corrected chi connectivity index (χ2v) is 5.47. The normalized spacial score (nSPS) is 56.2. The summed E-state index contributed by atoms with van der Waals surface area (Å²) in [6, 6.07) is 0. The molecule has 0 nitrogen and oxygen atoms in total. The molecule has 0 heterocycles. The molecule has 0 bridgehead atoms. The Morgan fingerprint density at radius 1 is 0.733 bits per heavy atom. The van der Waals surface area contributed by atoms with Crippen molar-refractivity contribution < 1.29 is 13.2 Å². The first kappa shape index (κ1) is 11.3. The van der Waals surface area contributed by atoms with E-state index in [0.29, 0.717) is 12.8 Å². The van der Waals surface area contributed by atoms with Crippen molar-refractivity contribution in [3.63, 3.8) is 0 Å². The predicted octanol–water partition coefficient (Wildman–Crippen LogP) is 3.70. The van der Waals surface area contributed by atoms with Crippen LogP contribution in [0.15, 0.2) is 0 Å². The molecule has 88 valence electrons. The van der Waals surface area contributed by atoms with Gasteiger partial charge in [0.2, 0.25) is 0 Å². The number of hydrogen-bond donors (Lipinski definition) is 0. The summed E-state index contributed by atoms with van der Waals surface area (Å²) in [5, 5.41) is 0. The summed E-state index contributed by atoms with van der Waals surface area (Å²) in [4.78, 5) is 0. The number of halogens is 3. The molecular weight excluding hydrogens is 201 g/mol. The van der Waals surface area contributed by atoms with E-state index in [9.17, 15) is 13.2 Å².